The van der Waals surface area contributed by atoms with E-state index < -0.39 is 0 Å². The molecule has 0 bridgehead atoms. The summed E-state index contributed by atoms with van der Waals surface area (Å²) in [7, 11) is 0. The van der Waals surface area contributed by atoms with Crippen LogP contribution in [0.2, 0.25) is 0 Å². The van der Waals surface area contributed by atoms with Crippen LogP contribution >= 0.6 is 0 Å². The molecule has 0 spiro atoms. The van der Waals surface area contributed by atoms with Crippen molar-refractivity contribution < 1.29 is 9.63 Å². The van der Waals surface area contributed by atoms with Crippen LogP contribution in [0.3, 0.4) is 0 Å². The normalized spacial score (nSPS) is 17.7. The van der Waals surface area contributed by atoms with Gasteiger partial charge in [-0.15, -0.1) is 0 Å². The van der Waals surface area contributed by atoms with Crippen molar-refractivity contribution in [3.63, 3.8) is 0 Å². The highest BCUT2D eigenvalue weighted by molar-refractivity contribution is 5.80. The van der Waals surface area contributed by atoms with Crippen molar-refractivity contribution in [1.29, 1.82) is 0 Å². The van der Waals surface area contributed by atoms with Gasteiger partial charge in [-0.25, -0.2) is 0 Å². The number of nitrogens with zero attached hydrogens (tertiary/aromatic N) is 4. The molecule has 0 amide bonds. The predicted molar refractivity (Wildman–Crippen MR) is 101 cm³/mol. The van der Waals surface area contributed by atoms with E-state index in [1.165, 1.54) is 5.56 Å². The van der Waals surface area contributed by atoms with Gasteiger partial charge in [-0.2, -0.15) is 4.98 Å². The fourth-order valence-corrected chi connectivity index (χ4v) is 2.98. The Labute approximate surface area is 154 Å². The van der Waals surface area contributed by atoms with Crippen LogP contribution in [0.1, 0.15) is 31.7 Å². The molecule has 3 rings (SSSR count). The standard InChI is InChI=1S/C19H27N5O2/c1-3-17-22-18(26-23-17)15-7-5-14(6-8-15)9-11-21-19(20-4-2)24-12-10-16(25)13-24/h5-8,16,25H,3-4,9-13H2,1-2H3,(H,20,21)/t16-/m1/s1. The van der Waals surface area contributed by atoms with E-state index in [-0.39, 0.29) is 6.10 Å². The zero-order valence-corrected chi connectivity index (χ0v) is 15.5. The van der Waals surface area contributed by atoms with Gasteiger partial charge in [0.1, 0.15) is 0 Å². The summed E-state index contributed by atoms with van der Waals surface area (Å²) in [5.41, 5.74) is 2.15. The molecule has 0 radical (unpaired) electrons. The maximum Gasteiger partial charge on any atom is 0.257 e. The number of likely N-dealkylation sites (tertiary alicyclic amines) is 1. The summed E-state index contributed by atoms with van der Waals surface area (Å²) < 4.78 is 5.27. The SMILES string of the molecule is CCNC(=NCCc1ccc(-c2nc(CC)no2)cc1)N1CC[C@@H](O)C1. The quantitative estimate of drug-likeness (QED) is 0.606. The van der Waals surface area contributed by atoms with Gasteiger partial charge >= 0.3 is 0 Å². The molecule has 1 aliphatic rings. The van der Waals surface area contributed by atoms with E-state index >= 15 is 0 Å². The van der Waals surface area contributed by atoms with Crippen LogP contribution < -0.4 is 5.32 Å². The lowest BCUT2D eigenvalue weighted by molar-refractivity contribution is 0.188. The highest BCUT2D eigenvalue weighted by Crippen LogP contribution is 2.18. The number of β-amino-alcohol motifs (C(OH)–C–C–N with tert-alkyl or cyclic N) is 1. The third-order valence-electron chi connectivity index (χ3n) is 4.45. The number of benzene rings is 1. The predicted octanol–water partition coefficient (Wildman–Crippen LogP) is 1.87. The number of nitrogens with one attached hydrogen (secondary N) is 1. The molecule has 2 heterocycles. The number of guanidine groups is 1. The molecule has 140 valence electrons. The van der Waals surface area contributed by atoms with E-state index in [1.54, 1.807) is 0 Å². The molecule has 1 aliphatic heterocycles. The first-order valence-electron chi connectivity index (χ1n) is 9.32. The number of hydrogen-bond acceptors (Lipinski definition) is 5. The number of aliphatic imine (C=N–C) groups is 1. The Bertz CT molecular complexity index is 726. The summed E-state index contributed by atoms with van der Waals surface area (Å²) in [4.78, 5) is 11.2. The minimum atomic E-state index is -0.246. The van der Waals surface area contributed by atoms with Crippen molar-refractivity contribution >= 4 is 5.96 Å². The monoisotopic (exact) mass is 357 g/mol. The number of aryl methyl sites for hydroxylation is 1. The Kier molecular flexibility index (Phi) is 6.22. The van der Waals surface area contributed by atoms with Gasteiger partial charge in [-0.1, -0.05) is 24.2 Å². The van der Waals surface area contributed by atoms with Crippen molar-refractivity contribution in [3.05, 3.63) is 35.7 Å². The van der Waals surface area contributed by atoms with E-state index in [4.69, 9.17) is 9.52 Å². The van der Waals surface area contributed by atoms with Gasteiger partial charge in [0.05, 0.1) is 6.10 Å². The lowest BCUT2D eigenvalue weighted by Crippen LogP contribution is -2.40. The molecular weight excluding hydrogens is 330 g/mol. The second-order valence-electron chi connectivity index (χ2n) is 6.44. The van der Waals surface area contributed by atoms with Gasteiger partial charge < -0.3 is 19.8 Å². The van der Waals surface area contributed by atoms with Gasteiger partial charge in [0.15, 0.2) is 11.8 Å². The first-order valence-corrected chi connectivity index (χ1v) is 9.32. The zero-order valence-electron chi connectivity index (χ0n) is 15.5. The second-order valence-corrected chi connectivity index (χ2v) is 6.44. The summed E-state index contributed by atoms with van der Waals surface area (Å²) in [6.45, 7) is 7.10. The van der Waals surface area contributed by atoms with Crippen LogP contribution in [-0.2, 0) is 12.8 Å². The number of aromatic nitrogens is 2. The van der Waals surface area contributed by atoms with E-state index in [0.29, 0.717) is 19.0 Å². The molecular formula is C19H27N5O2. The molecule has 0 unspecified atom stereocenters. The molecule has 1 saturated heterocycles. The van der Waals surface area contributed by atoms with Gasteiger partial charge in [0.25, 0.3) is 5.89 Å². The zero-order chi connectivity index (χ0) is 18.4. The summed E-state index contributed by atoms with van der Waals surface area (Å²) in [5.74, 6) is 2.17. The molecule has 7 heteroatoms. The Morgan fingerprint density at radius 1 is 1.35 bits per heavy atom. The molecule has 0 saturated carbocycles. The lowest BCUT2D eigenvalue weighted by atomic mass is 10.1. The summed E-state index contributed by atoms with van der Waals surface area (Å²) in [6, 6.07) is 8.17. The Morgan fingerprint density at radius 2 is 2.15 bits per heavy atom. The molecule has 1 atom stereocenters. The molecule has 2 N–H and O–H groups in total. The average molecular weight is 357 g/mol. The smallest absolute Gasteiger partial charge is 0.257 e. The van der Waals surface area contributed by atoms with E-state index in [1.807, 2.05) is 19.1 Å². The first kappa shape index (κ1) is 18.4. The number of rotatable bonds is 6. The van der Waals surface area contributed by atoms with E-state index in [0.717, 1.165) is 49.7 Å². The second kappa shape index (κ2) is 8.80. The molecule has 0 aliphatic carbocycles. The summed E-state index contributed by atoms with van der Waals surface area (Å²) in [5, 5.41) is 17.0. The average Bonchev–Trinajstić information content (AvgIpc) is 3.30. The largest absolute Gasteiger partial charge is 0.391 e. The topological polar surface area (TPSA) is 86.8 Å². The number of aliphatic hydroxyl groups is 1. The van der Waals surface area contributed by atoms with Crippen LogP contribution in [0.4, 0.5) is 0 Å². The molecule has 1 fully saturated rings. The maximum atomic E-state index is 9.72. The molecule has 1 aromatic carbocycles. The lowest BCUT2D eigenvalue weighted by Gasteiger charge is -2.20. The summed E-state index contributed by atoms with van der Waals surface area (Å²) >= 11 is 0. The van der Waals surface area contributed by atoms with Crippen LogP contribution in [0.25, 0.3) is 11.5 Å². The van der Waals surface area contributed by atoms with Crippen molar-refractivity contribution in [1.82, 2.24) is 20.4 Å². The van der Waals surface area contributed by atoms with Gasteiger partial charge in [-0.05, 0) is 37.5 Å². The highest BCUT2D eigenvalue weighted by atomic mass is 16.5. The molecule has 2 aromatic rings. The fraction of sp³-hybridized carbons (Fsp3) is 0.526. The minimum absolute atomic E-state index is 0.246. The molecule has 26 heavy (non-hydrogen) atoms. The number of aliphatic hydroxyl groups excluding tert-OH is 1. The minimum Gasteiger partial charge on any atom is -0.391 e. The van der Waals surface area contributed by atoms with Crippen LogP contribution in [0.15, 0.2) is 33.8 Å². The van der Waals surface area contributed by atoms with Crippen molar-refractivity contribution in [2.45, 2.75) is 39.2 Å². The van der Waals surface area contributed by atoms with Crippen LogP contribution in [0.5, 0.6) is 0 Å². The third-order valence-corrected chi connectivity index (χ3v) is 4.45. The Hall–Kier alpha value is -2.41. The third kappa shape index (κ3) is 4.60. The first-order chi connectivity index (χ1) is 12.7. The maximum absolute atomic E-state index is 9.72. The van der Waals surface area contributed by atoms with Crippen LogP contribution in [0, 0.1) is 0 Å². The molecule has 1 aromatic heterocycles. The van der Waals surface area contributed by atoms with Crippen molar-refractivity contribution in [2.24, 2.45) is 4.99 Å². The van der Waals surface area contributed by atoms with Gasteiger partial charge in [0, 0.05) is 38.2 Å². The number of hydrogen-bond donors (Lipinski definition) is 2. The van der Waals surface area contributed by atoms with E-state index in [2.05, 4.69) is 39.4 Å². The van der Waals surface area contributed by atoms with Crippen molar-refractivity contribution in [3.8, 4) is 11.5 Å². The van der Waals surface area contributed by atoms with Gasteiger partial charge in [0.2, 0.25) is 0 Å². The van der Waals surface area contributed by atoms with E-state index in [9.17, 15) is 5.11 Å². The van der Waals surface area contributed by atoms with Crippen LogP contribution in [-0.4, -0.2) is 58.4 Å². The fourth-order valence-electron chi connectivity index (χ4n) is 2.98. The van der Waals surface area contributed by atoms with Crippen molar-refractivity contribution in [2.75, 3.05) is 26.2 Å². The Balaban J connectivity index is 1.58. The Morgan fingerprint density at radius 3 is 2.77 bits per heavy atom. The summed E-state index contributed by atoms with van der Waals surface area (Å²) in [6.07, 6.45) is 2.18. The molecule has 7 nitrogen and oxygen atoms in total. The highest BCUT2D eigenvalue weighted by Gasteiger charge is 2.22. The van der Waals surface area contributed by atoms with Gasteiger partial charge in [-0.3, -0.25) is 4.99 Å².